The number of carbonyl (C=O) groups is 2. The van der Waals surface area contributed by atoms with Gasteiger partial charge < -0.3 is 10.1 Å². The number of esters is 1. The number of benzene rings is 2. The molecule has 1 aliphatic rings. The smallest absolute Gasteiger partial charge is 0.330 e. The maximum Gasteiger partial charge on any atom is 0.330 e. The van der Waals surface area contributed by atoms with Crippen molar-refractivity contribution >= 4 is 29.3 Å². The molecule has 0 aliphatic heterocycles. The zero-order chi connectivity index (χ0) is 25.2. The number of carbonyl (C=O) groups excluding carboxylic acids is 2. The van der Waals surface area contributed by atoms with Crippen molar-refractivity contribution in [3.8, 4) is 5.75 Å². The van der Waals surface area contributed by atoms with Crippen LogP contribution in [0.5, 0.6) is 5.75 Å². The molecule has 1 amide bonds. The van der Waals surface area contributed by atoms with Gasteiger partial charge in [-0.15, -0.1) is 11.3 Å². The van der Waals surface area contributed by atoms with Crippen molar-refractivity contribution in [3.05, 3.63) is 93.7 Å². The van der Waals surface area contributed by atoms with Crippen LogP contribution in [0.25, 0.3) is 6.08 Å². The number of amides is 1. The average Bonchev–Trinajstić information content (AvgIpc) is 3.43. The molecule has 0 bridgehead atoms. The molecule has 6 heteroatoms. The first-order valence-corrected chi connectivity index (χ1v) is 13.6. The number of ether oxygens (including phenoxy) is 1. The molecule has 2 aromatic carbocycles. The highest BCUT2D eigenvalue weighted by Crippen LogP contribution is 2.32. The minimum Gasteiger partial charge on any atom is -0.425 e. The van der Waals surface area contributed by atoms with Gasteiger partial charge in [0.15, 0.2) is 0 Å². The van der Waals surface area contributed by atoms with E-state index < -0.39 is 5.97 Å². The van der Waals surface area contributed by atoms with Crippen molar-refractivity contribution in [3.63, 3.8) is 0 Å². The van der Waals surface area contributed by atoms with Crippen LogP contribution in [0, 0.1) is 0 Å². The molecule has 1 atom stereocenters. The lowest BCUT2D eigenvalue weighted by molar-refractivity contribution is -0.135. The summed E-state index contributed by atoms with van der Waals surface area (Å²) in [5, 5.41) is 4.75. The molecule has 3 aromatic rings. The molecule has 4 rings (SSSR count). The number of nitrogens with zero attached hydrogens (tertiary/aromatic N) is 1. The Bertz CT molecular complexity index is 1160. The van der Waals surface area contributed by atoms with Crippen molar-refractivity contribution in [1.82, 2.24) is 10.2 Å². The summed E-state index contributed by atoms with van der Waals surface area (Å²) in [6.07, 6.45) is 8.26. The summed E-state index contributed by atoms with van der Waals surface area (Å²) in [5.74, 6) is -0.173. The highest BCUT2D eigenvalue weighted by molar-refractivity contribution is 7.09. The molecule has 0 radical (unpaired) electrons. The van der Waals surface area contributed by atoms with Gasteiger partial charge in [-0.1, -0.05) is 55.5 Å². The van der Waals surface area contributed by atoms with Gasteiger partial charge in [0.1, 0.15) is 12.3 Å². The standard InChI is InChI=1S/C30H34N2O3S/c1-2-18-32(19-17-26-11-7-20-36-26)25-14-15-27-24(21-25)10-6-12-28(27)35-30(34)22-31-29(33)16-13-23-8-4-3-5-9-23/h3-13,16,20,25H,2,14-15,17-19,21-22H2,1H3,(H,31,33). The van der Waals surface area contributed by atoms with E-state index in [2.05, 4.69) is 40.7 Å². The Morgan fingerprint density at radius 3 is 2.72 bits per heavy atom. The fourth-order valence-corrected chi connectivity index (χ4v) is 5.44. The number of thiophene rings is 1. The van der Waals surface area contributed by atoms with Crippen LogP contribution in [0.1, 0.15) is 41.3 Å². The Morgan fingerprint density at radius 2 is 1.94 bits per heavy atom. The van der Waals surface area contributed by atoms with E-state index in [0.29, 0.717) is 11.8 Å². The lowest BCUT2D eigenvalue weighted by atomic mass is 9.86. The lowest BCUT2D eigenvalue weighted by Gasteiger charge is -2.35. The van der Waals surface area contributed by atoms with Crippen LogP contribution in [-0.4, -0.2) is 42.5 Å². The topological polar surface area (TPSA) is 58.6 Å². The van der Waals surface area contributed by atoms with E-state index in [1.165, 1.54) is 16.5 Å². The molecule has 1 unspecified atom stereocenters. The number of rotatable bonds is 11. The Kier molecular flexibility index (Phi) is 9.47. The summed E-state index contributed by atoms with van der Waals surface area (Å²) in [7, 11) is 0. The number of hydrogen-bond acceptors (Lipinski definition) is 5. The predicted molar refractivity (Wildman–Crippen MR) is 146 cm³/mol. The van der Waals surface area contributed by atoms with Gasteiger partial charge in [-0.05, 0) is 78.9 Å². The Labute approximate surface area is 217 Å². The second kappa shape index (κ2) is 13.2. The van der Waals surface area contributed by atoms with Crippen molar-refractivity contribution < 1.29 is 14.3 Å². The quantitative estimate of drug-likeness (QED) is 0.220. The molecule has 36 heavy (non-hydrogen) atoms. The molecule has 0 spiro atoms. The summed E-state index contributed by atoms with van der Waals surface area (Å²) < 4.78 is 5.68. The summed E-state index contributed by atoms with van der Waals surface area (Å²) >= 11 is 1.83. The van der Waals surface area contributed by atoms with E-state index in [9.17, 15) is 9.59 Å². The van der Waals surface area contributed by atoms with E-state index in [1.807, 2.05) is 53.8 Å². The Balaban J connectivity index is 1.31. The van der Waals surface area contributed by atoms with E-state index in [1.54, 1.807) is 6.08 Å². The van der Waals surface area contributed by atoms with Crippen LogP contribution in [0.2, 0.25) is 0 Å². The second-order valence-corrected chi connectivity index (χ2v) is 10.1. The van der Waals surface area contributed by atoms with E-state index in [0.717, 1.165) is 56.3 Å². The molecule has 188 valence electrons. The van der Waals surface area contributed by atoms with Crippen LogP contribution >= 0.6 is 11.3 Å². The third-order valence-corrected chi connectivity index (χ3v) is 7.46. The summed E-state index contributed by atoms with van der Waals surface area (Å²) in [6.45, 7) is 4.24. The average molecular weight is 503 g/mol. The maximum atomic E-state index is 12.5. The summed E-state index contributed by atoms with van der Waals surface area (Å²) in [4.78, 5) is 28.6. The lowest BCUT2D eigenvalue weighted by Crippen LogP contribution is -2.41. The maximum absolute atomic E-state index is 12.5. The van der Waals surface area contributed by atoms with Gasteiger partial charge in [-0.2, -0.15) is 0 Å². The minimum atomic E-state index is -0.462. The molecule has 1 aromatic heterocycles. The number of fused-ring (bicyclic) bond motifs is 1. The molecule has 1 heterocycles. The van der Waals surface area contributed by atoms with E-state index in [4.69, 9.17) is 4.74 Å². The summed E-state index contributed by atoms with van der Waals surface area (Å²) in [5.41, 5.74) is 3.30. The van der Waals surface area contributed by atoms with Gasteiger partial charge in [-0.3, -0.25) is 9.69 Å². The summed E-state index contributed by atoms with van der Waals surface area (Å²) in [6, 6.07) is 20.4. The predicted octanol–water partition coefficient (Wildman–Crippen LogP) is 5.30. The first-order chi connectivity index (χ1) is 17.6. The van der Waals surface area contributed by atoms with Crippen molar-refractivity contribution in [2.45, 2.75) is 45.1 Å². The zero-order valence-electron chi connectivity index (χ0n) is 20.8. The van der Waals surface area contributed by atoms with Gasteiger partial charge in [0.2, 0.25) is 5.91 Å². The molecular formula is C30H34N2O3S. The van der Waals surface area contributed by atoms with Crippen LogP contribution in [0.3, 0.4) is 0 Å². The number of nitrogens with one attached hydrogen (secondary N) is 1. The van der Waals surface area contributed by atoms with Crippen molar-refractivity contribution in [2.75, 3.05) is 19.6 Å². The molecule has 0 fully saturated rings. The molecule has 1 N–H and O–H groups in total. The van der Waals surface area contributed by atoms with Crippen molar-refractivity contribution in [2.24, 2.45) is 0 Å². The Morgan fingerprint density at radius 1 is 1.08 bits per heavy atom. The second-order valence-electron chi connectivity index (χ2n) is 9.09. The molecule has 0 saturated heterocycles. The molecule has 1 aliphatic carbocycles. The first-order valence-electron chi connectivity index (χ1n) is 12.7. The van der Waals surface area contributed by atoms with Crippen LogP contribution in [0.4, 0.5) is 0 Å². The molecule has 0 saturated carbocycles. The van der Waals surface area contributed by atoms with E-state index >= 15 is 0 Å². The van der Waals surface area contributed by atoms with Gasteiger partial charge in [0.05, 0.1) is 0 Å². The monoisotopic (exact) mass is 502 g/mol. The Hall–Kier alpha value is -3.22. The third-order valence-electron chi connectivity index (χ3n) is 6.52. The fourth-order valence-electron chi connectivity index (χ4n) is 4.75. The zero-order valence-corrected chi connectivity index (χ0v) is 21.6. The van der Waals surface area contributed by atoms with Crippen LogP contribution in [-0.2, 0) is 28.9 Å². The number of hydrogen-bond donors (Lipinski definition) is 1. The van der Waals surface area contributed by atoms with E-state index in [-0.39, 0.29) is 12.5 Å². The normalized spacial score (nSPS) is 15.1. The third kappa shape index (κ3) is 7.39. The van der Waals surface area contributed by atoms with Crippen LogP contribution < -0.4 is 10.1 Å². The van der Waals surface area contributed by atoms with Gasteiger partial charge in [0, 0.05) is 23.5 Å². The van der Waals surface area contributed by atoms with Gasteiger partial charge in [-0.25, -0.2) is 4.79 Å². The SMILES string of the molecule is CCCN(CCc1cccs1)C1CCc2c(cccc2OC(=O)CNC(=O)C=Cc2ccccc2)C1. The van der Waals surface area contributed by atoms with Crippen LogP contribution in [0.15, 0.2) is 72.1 Å². The highest BCUT2D eigenvalue weighted by Gasteiger charge is 2.26. The van der Waals surface area contributed by atoms with Gasteiger partial charge in [0.25, 0.3) is 0 Å². The highest BCUT2D eigenvalue weighted by atomic mass is 32.1. The molecule has 5 nitrogen and oxygen atoms in total. The first kappa shape index (κ1) is 25.9. The van der Waals surface area contributed by atoms with Gasteiger partial charge >= 0.3 is 5.97 Å². The minimum absolute atomic E-state index is 0.169. The fraction of sp³-hybridized carbons (Fsp3) is 0.333. The largest absolute Gasteiger partial charge is 0.425 e. The van der Waals surface area contributed by atoms with Crippen molar-refractivity contribution in [1.29, 1.82) is 0 Å². The molecular weight excluding hydrogens is 468 g/mol.